The Balaban J connectivity index is 1.44. The third kappa shape index (κ3) is 3.86. The molecule has 2 amide bonds. The van der Waals surface area contributed by atoms with Crippen molar-refractivity contribution in [1.29, 1.82) is 0 Å². The van der Waals surface area contributed by atoms with Gasteiger partial charge in [0, 0.05) is 31.0 Å². The quantitative estimate of drug-likeness (QED) is 0.790. The minimum atomic E-state index is -0.157. The molecule has 27 heavy (non-hydrogen) atoms. The number of aromatic nitrogens is 1. The number of hydrogen-bond donors (Lipinski definition) is 0. The number of hydrogen-bond acceptors (Lipinski definition) is 4. The molecule has 4 rings (SSSR count). The van der Waals surface area contributed by atoms with Crippen LogP contribution in [0.5, 0.6) is 0 Å². The van der Waals surface area contributed by atoms with Crippen LogP contribution in [0.2, 0.25) is 5.02 Å². The lowest BCUT2D eigenvalue weighted by molar-refractivity contribution is -0.139. The molecule has 0 spiro atoms. The molecule has 2 aromatic rings. The van der Waals surface area contributed by atoms with Gasteiger partial charge in [0.15, 0.2) is 0 Å². The number of oxazole rings is 1. The maximum absolute atomic E-state index is 12.7. The van der Waals surface area contributed by atoms with Gasteiger partial charge in [-0.3, -0.25) is 9.59 Å². The van der Waals surface area contributed by atoms with Gasteiger partial charge in [-0.1, -0.05) is 29.8 Å². The first-order valence-corrected chi connectivity index (χ1v) is 9.75. The average Bonchev–Trinajstić information content (AvgIpc) is 3.38. The highest BCUT2D eigenvalue weighted by atomic mass is 35.5. The van der Waals surface area contributed by atoms with E-state index < -0.39 is 0 Å². The predicted molar refractivity (Wildman–Crippen MR) is 100 cm³/mol. The summed E-state index contributed by atoms with van der Waals surface area (Å²) in [7, 11) is 0. The molecule has 1 aromatic carbocycles. The zero-order valence-electron chi connectivity index (χ0n) is 15.1. The highest BCUT2D eigenvalue weighted by Gasteiger charge is 2.35. The van der Waals surface area contributed by atoms with Crippen molar-refractivity contribution < 1.29 is 14.0 Å². The van der Waals surface area contributed by atoms with Gasteiger partial charge in [0.05, 0.1) is 12.7 Å². The Morgan fingerprint density at radius 2 is 2.11 bits per heavy atom. The molecule has 0 bridgehead atoms. The number of carbonyl (C=O) groups is 2. The number of halogens is 1. The Kier molecular flexibility index (Phi) is 5.16. The van der Waals surface area contributed by atoms with E-state index in [1.165, 1.54) is 0 Å². The number of rotatable bonds is 5. The second-order valence-electron chi connectivity index (χ2n) is 7.10. The van der Waals surface area contributed by atoms with Gasteiger partial charge in [-0.2, -0.15) is 0 Å². The lowest BCUT2D eigenvalue weighted by atomic mass is 10.1. The van der Waals surface area contributed by atoms with Crippen LogP contribution in [0.3, 0.4) is 0 Å². The molecule has 142 valence electrons. The fourth-order valence-corrected chi connectivity index (χ4v) is 4.04. The second kappa shape index (κ2) is 7.72. The topological polar surface area (TPSA) is 66.7 Å². The summed E-state index contributed by atoms with van der Waals surface area (Å²) in [6.07, 6.45) is 5.39. The summed E-state index contributed by atoms with van der Waals surface area (Å²) in [6.45, 7) is 1.50. The number of likely N-dealkylation sites (tertiary alicyclic amines) is 2. The van der Waals surface area contributed by atoms with E-state index in [2.05, 4.69) is 4.98 Å². The van der Waals surface area contributed by atoms with Gasteiger partial charge in [-0.05, 0) is 30.9 Å². The lowest BCUT2D eigenvalue weighted by Gasteiger charge is -2.25. The third-order valence-electron chi connectivity index (χ3n) is 5.25. The molecule has 2 aliphatic heterocycles. The van der Waals surface area contributed by atoms with Crippen LogP contribution in [0.15, 0.2) is 34.9 Å². The van der Waals surface area contributed by atoms with E-state index in [9.17, 15) is 9.59 Å². The Morgan fingerprint density at radius 1 is 1.26 bits per heavy atom. The molecule has 3 heterocycles. The van der Waals surface area contributed by atoms with Crippen LogP contribution in [-0.4, -0.2) is 46.2 Å². The van der Waals surface area contributed by atoms with Crippen LogP contribution in [0.4, 0.5) is 0 Å². The molecule has 1 aromatic heterocycles. The minimum Gasteiger partial charge on any atom is -0.443 e. The fraction of sp³-hybridized carbons (Fsp3) is 0.450. The first-order chi connectivity index (χ1) is 13.1. The Hall–Kier alpha value is -2.34. The number of nitrogens with zero attached hydrogens (tertiary/aromatic N) is 3. The molecular weight excluding hydrogens is 366 g/mol. The van der Waals surface area contributed by atoms with Crippen molar-refractivity contribution in [3.05, 3.63) is 52.7 Å². The fourth-order valence-electron chi connectivity index (χ4n) is 3.84. The maximum atomic E-state index is 12.7. The van der Waals surface area contributed by atoms with Gasteiger partial charge in [-0.25, -0.2) is 4.98 Å². The zero-order chi connectivity index (χ0) is 18.8. The second-order valence-corrected chi connectivity index (χ2v) is 7.50. The molecule has 2 aliphatic rings. The van der Waals surface area contributed by atoms with Crippen molar-refractivity contribution in [3.8, 4) is 0 Å². The van der Waals surface area contributed by atoms with Crippen molar-refractivity contribution in [1.82, 2.24) is 14.8 Å². The lowest BCUT2D eigenvalue weighted by Crippen LogP contribution is -2.40. The van der Waals surface area contributed by atoms with Crippen molar-refractivity contribution in [3.63, 3.8) is 0 Å². The molecule has 7 heteroatoms. The summed E-state index contributed by atoms with van der Waals surface area (Å²) >= 11 is 6.22. The number of amides is 2. The highest BCUT2D eigenvalue weighted by Crippen LogP contribution is 2.32. The van der Waals surface area contributed by atoms with E-state index in [1.54, 1.807) is 16.0 Å². The summed E-state index contributed by atoms with van der Waals surface area (Å²) in [5, 5.41) is 0.698. The van der Waals surface area contributed by atoms with Crippen LogP contribution in [0.25, 0.3) is 0 Å². The van der Waals surface area contributed by atoms with Crippen molar-refractivity contribution >= 4 is 23.4 Å². The first-order valence-electron chi connectivity index (χ1n) is 9.37. The zero-order valence-corrected chi connectivity index (χ0v) is 15.8. The Morgan fingerprint density at radius 3 is 2.89 bits per heavy atom. The van der Waals surface area contributed by atoms with Crippen molar-refractivity contribution in [2.45, 2.75) is 38.1 Å². The van der Waals surface area contributed by atoms with E-state index in [4.69, 9.17) is 16.0 Å². The highest BCUT2D eigenvalue weighted by molar-refractivity contribution is 6.31. The monoisotopic (exact) mass is 387 g/mol. The van der Waals surface area contributed by atoms with Gasteiger partial charge >= 0.3 is 0 Å². The standard InChI is InChI=1S/C20H22ClN3O3/c21-16-6-2-1-5-14(16)11-15-12-22-20(27-15)17-7-3-10-24(17)19(26)13-23-9-4-8-18(23)25/h1-2,5-6,12,17H,3-4,7-11,13H2. The molecule has 0 aliphatic carbocycles. The van der Waals surface area contributed by atoms with E-state index in [1.807, 2.05) is 24.3 Å². The van der Waals surface area contributed by atoms with Crippen LogP contribution >= 0.6 is 11.6 Å². The first kappa shape index (κ1) is 18.0. The van der Waals surface area contributed by atoms with Gasteiger partial charge in [0.1, 0.15) is 11.8 Å². The molecule has 0 radical (unpaired) electrons. The summed E-state index contributed by atoms with van der Waals surface area (Å²) in [5.41, 5.74) is 0.980. The van der Waals surface area contributed by atoms with Gasteiger partial charge in [0.2, 0.25) is 17.7 Å². The summed E-state index contributed by atoms with van der Waals surface area (Å²) in [6, 6.07) is 7.49. The predicted octanol–water partition coefficient (Wildman–Crippen LogP) is 3.20. The van der Waals surface area contributed by atoms with Crippen LogP contribution in [0.1, 0.15) is 48.9 Å². The van der Waals surface area contributed by atoms with E-state index >= 15 is 0 Å². The minimum absolute atomic E-state index is 0.0291. The Bertz CT molecular complexity index is 851. The Labute approximate surface area is 163 Å². The van der Waals surface area contributed by atoms with E-state index in [-0.39, 0.29) is 24.4 Å². The van der Waals surface area contributed by atoms with Crippen LogP contribution < -0.4 is 0 Å². The van der Waals surface area contributed by atoms with Crippen LogP contribution in [0, 0.1) is 0 Å². The molecule has 2 fully saturated rings. The third-order valence-corrected chi connectivity index (χ3v) is 5.62. The molecule has 2 saturated heterocycles. The maximum Gasteiger partial charge on any atom is 0.242 e. The molecule has 6 nitrogen and oxygen atoms in total. The molecular formula is C20H22ClN3O3. The summed E-state index contributed by atoms with van der Waals surface area (Å²) < 4.78 is 5.95. The van der Waals surface area contributed by atoms with Gasteiger partial charge < -0.3 is 14.2 Å². The normalized spacial score (nSPS) is 19.9. The smallest absolute Gasteiger partial charge is 0.242 e. The van der Waals surface area contributed by atoms with Crippen molar-refractivity contribution in [2.24, 2.45) is 0 Å². The summed E-state index contributed by atoms with van der Waals surface area (Å²) in [5.74, 6) is 1.33. The molecule has 1 unspecified atom stereocenters. The average molecular weight is 388 g/mol. The molecule has 0 saturated carbocycles. The van der Waals surface area contributed by atoms with Crippen molar-refractivity contribution in [2.75, 3.05) is 19.6 Å². The largest absolute Gasteiger partial charge is 0.443 e. The van der Waals surface area contributed by atoms with Crippen LogP contribution in [-0.2, 0) is 16.0 Å². The molecule has 1 atom stereocenters. The SMILES string of the molecule is O=C1CCCN1CC(=O)N1CCCC1c1ncc(Cc2ccccc2Cl)o1. The van der Waals surface area contributed by atoms with Gasteiger partial charge in [-0.15, -0.1) is 0 Å². The van der Waals surface area contributed by atoms with E-state index in [0.717, 1.165) is 30.6 Å². The van der Waals surface area contributed by atoms with E-state index in [0.29, 0.717) is 36.8 Å². The van der Waals surface area contributed by atoms with Gasteiger partial charge in [0.25, 0.3) is 0 Å². The number of benzene rings is 1. The molecule has 0 N–H and O–H groups in total. The summed E-state index contributed by atoms with van der Waals surface area (Å²) in [4.78, 5) is 32.4. The number of carbonyl (C=O) groups excluding carboxylic acids is 2.